The minimum Gasteiger partial charge on any atom is -0.462 e. The summed E-state index contributed by atoms with van der Waals surface area (Å²) in [6.45, 7) is 8.95. The molecule has 2 aliphatic rings. The lowest BCUT2D eigenvalue weighted by molar-refractivity contribution is 0.0525. The molecule has 30 heavy (non-hydrogen) atoms. The maximum absolute atomic E-state index is 13.0. The third-order valence-corrected chi connectivity index (χ3v) is 7.81. The molecule has 3 heterocycles. The van der Waals surface area contributed by atoms with Gasteiger partial charge in [0.2, 0.25) is 0 Å². The number of aromatic amines is 1. The minimum absolute atomic E-state index is 0.234. The van der Waals surface area contributed by atoms with E-state index in [2.05, 4.69) is 9.88 Å². The summed E-state index contributed by atoms with van der Waals surface area (Å²) in [4.78, 5) is 31.9. The third kappa shape index (κ3) is 4.39. The Hall–Kier alpha value is -1.95. The lowest BCUT2D eigenvalue weighted by Gasteiger charge is -2.39. The van der Waals surface area contributed by atoms with E-state index >= 15 is 0 Å². The summed E-state index contributed by atoms with van der Waals surface area (Å²) < 4.78 is 33.9. The number of ether oxygens (including phenoxy) is 1. The fourth-order valence-corrected chi connectivity index (χ4v) is 5.51. The van der Waals surface area contributed by atoms with Crippen molar-refractivity contribution in [3.63, 3.8) is 0 Å². The molecule has 0 aliphatic carbocycles. The molecule has 0 bridgehead atoms. The van der Waals surface area contributed by atoms with Crippen molar-refractivity contribution in [2.75, 3.05) is 66.0 Å². The number of rotatable bonds is 5. The Morgan fingerprint density at radius 1 is 0.967 bits per heavy atom. The van der Waals surface area contributed by atoms with Crippen LogP contribution in [-0.2, 0) is 14.9 Å². The summed E-state index contributed by atoms with van der Waals surface area (Å²) >= 11 is 0. The standard InChI is InChI=1S/C19H31N5O5S/c1-5-29-19(26)16-14(2)17(20-15(16)3)18(25)22-8-12-24(13-9-22)30(27,28)23-10-6-21(4)7-11-23/h20H,5-13H2,1-4H3. The molecule has 0 saturated carbocycles. The predicted molar refractivity (Wildman–Crippen MR) is 112 cm³/mol. The first kappa shape index (κ1) is 22.7. The van der Waals surface area contributed by atoms with Crippen molar-refractivity contribution < 1.29 is 22.7 Å². The van der Waals surface area contributed by atoms with Crippen LogP contribution >= 0.6 is 0 Å². The van der Waals surface area contributed by atoms with Gasteiger partial charge in [0.25, 0.3) is 16.1 Å². The monoisotopic (exact) mass is 441 g/mol. The van der Waals surface area contributed by atoms with E-state index in [1.807, 2.05) is 7.05 Å². The normalized spacial score (nSPS) is 19.8. The number of aromatic nitrogens is 1. The van der Waals surface area contributed by atoms with Crippen molar-refractivity contribution in [2.45, 2.75) is 20.8 Å². The number of piperazine rings is 2. The number of amides is 1. The Morgan fingerprint density at radius 3 is 2.03 bits per heavy atom. The van der Waals surface area contributed by atoms with Gasteiger partial charge in [-0.1, -0.05) is 0 Å². The number of nitrogens with one attached hydrogen (secondary N) is 1. The first-order valence-electron chi connectivity index (χ1n) is 10.3. The molecule has 2 saturated heterocycles. The van der Waals surface area contributed by atoms with Gasteiger partial charge in [0.15, 0.2) is 0 Å². The molecule has 0 atom stereocenters. The van der Waals surface area contributed by atoms with Crippen LogP contribution in [0.1, 0.15) is 39.0 Å². The number of nitrogens with zero attached hydrogens (tertiary/aromatic N) is 4. The highest BCUT2D eigenvalue weighted by Crippen LogP contribution is 2.22. The van der Waals surface area contributed by atoms with Crippen molar-refractivity contribution in [1.29, 1.82) is 0 Å². The highest BCUT2D eigenvalue weighted by molar-refractivity contribution is 7.86. The number of esters is 1. The van der Waals surface area contributed by atoms with Crippen molar-refractivity contribution in [3.05, 3.63) is 22.5 Å². The molecule has 2 fully saturated rings. The fraction of sp³-hybridized carbons (Fsp3) is 0.684. The van der Waals surface area contributed by atoms with Gasteiger partial charge in [-0.2, -0.15) is 17.0 Å². The second-order valence-corrected chi connectivity index (χ2v) is 9.68. The first-order valence-corrected chi connectivity index (χ1v) is 11.7. The number of H-pyrrole nitrogens is 1. The number of hydrogen-bond acceptors (Lipinski definition) is 6. The van der Waals surface area contributed by atoms with Gasteiger partial charge >= 0.3 is 5.97 Å². The van der Waals surface area contributed by atoms with Crippen LogP contribution in [0, 0.1) is 13.8 Å². The van der Waals surface area contributed by atoms with E-state index in [0.717, 1.165) is 0 Å². The first-order chi connectivity index (χ1) is 14.2. The van der Waals surface area contributed by atoms with Crippen LogP contribution in [0.2, 0.25) is 0 Å². The van der Waals surface area contributed by atoms with E-state index in [1.54, 1.807) is 25.7 Å². The largest absolute Gasteiger partial charge is 0.462 e. The van der Waals surface area contributed by atoms with E-state index in [9.17, 15) is 18.0 Å². The van der Waals surface area contributed by atoms with Crippen molar-refractivity contribution in [3.8, 4) is 0 Å². The summed E-state index contributed by atoms with van der Waals surface area (Å²) in [5.74, 6) is -0.686. The molecule has 0 radical (unpaired) electrons. The molecule has 1 aromatic heterocycles. The van der Waals surface area contributed by atoms with Crippen molar-refractivity contribution in [1.82, 2.24) is 23.4 Å². The van der Waals surface area contributed by atoms with Crippen molar-refractivity contribution >= 4 is 22.1 Å². The summed E-state index contributed by atoms with van der Waals surface area (Å²) in [5, 5.41) is 0. The Kier molecular flexibility index (Phi) is 6.85. The zero-order valence-electron chi connectivity index (χ0n) is 18.1. The molecule has 0 unspecified atom stereocenters. The molecule has 0 spiro atoms. The molecule has 2 aliphatic heterocycles. The molecular formula is C19H31N5O5S. The topological polar surface area (TPSA) is 106 Å². The van der Waals surface area contributed by atoms with Crippen LogP contribution in [0.4, 0.5) is 0 Å². The van der Waals surface area contributed by atoms with Crippen LogP contribution < -0.4 is 0 Å². The van der Waals surface area contributed by atoms with Gasteiger partial charge in [-0.3, -0.25) is 4.79 Å². The summed E-state index contributed by atoms with van der Waals surface area (Å²) in [6, 6.07) is 0. The second-order valence-electron chi connectivity index (χ2n) is 7.75. The number of carbonyl (C=O) groups is 2. The fourth-order valence-electron chi connectivity index (χ4n) is 3.94. The number of likely N-dealkylation sites (N-methyl/N-ethyl adjacent to an activating group) is 1. The zero-order chi connectivity index (χ0) is 22.1. The molecule has 1 amide bonds. The van der Waals surface area contributed by atoms with Gasteiger partial charge in [0.05, 0.1) is 12.2 Å². The van der Waals surface area contributed by atoms with Crippen LogP contribution in [-0.4, -0.2) is 110 Å². The van der Waals surface area contributed by atoms with Gasteiger partial charge in [0, 0.05) is 58.1 Å². The minimum atomic E-state index is -3.52. The number of hydrogen-bond donors (Lipinski definition) is 1. The van der Waals surface area contributed by atoms with E-state index in [4.69, 9.17) is 4.74 Å². The van der Waals surface area contributed by atoms with E-state index in [1.165, 1.54) is 8.61 Å². The molecule has 0 aromatic carbocycles. The van der Waals surface area contributed by atoms with E-state index in [0.29, 0.717) is 61.8 Å². The Morgan fingerprint density at radius 2 is 1.50 bits per heavy atom. The molecular weight excluding hydrogens is 410 g/mol. The van der Waals surface area contributed by atoms with Gasteiger partial charge < -0.3 is 19.5 Å². The SMILES string of the molecule is CCOC(=O)c1c(C)[nH]c(C(=O)N2CCN(S(=O)(=O)N3CCN(C)CC3)CC2)c1C. The summed E-state index contributed by atoms with van der Waals surface area (Å²) in [7, 11) is -1.54. The average molecular weight is 442 g/mol. The van der Waals surface area contributed by atoms with Gasteiger partial charge in [0.1, 0.15) is 5.69 Å². The average Bonchev–Trinajstić information content (AvgIpc) is 3.02. The predicted octanol–water partition coefficient (Wildman–Crippen LogP) is 0.0582. The molecule has 168 valence electrons. The molecule has 11 heteroatoms. The lowest BCUT2D eigenvalue weighted by atomic mass is 10.1. The molecule has 10 nitrogen and oxygen atoms in total. The smallest absolute Gasteiger partial charge is 0.340 e. The Labute approximate surface area is 177 Å². The maximum Gasteiger partial charge on any atom is 0.340 e. The lowest BCUT2D eigenvalue weighted by Crippen LogP contribution is -2.57. The summed E-state index contributed by atoms with van der Waals surface area (Å²) in [6.07, 6.45) is 0. The highest BCUT2D eigenvalue weighted by atomic mass is 32.2. The quantitative estimate of drug-likeness (QED) is 0.648. The van der Waals surface area contributed by atoms with E-state index in [-0.39, 0.29) is 25.6 Å². The van der Waals surface area contributed by atoms with Crippen LogP contribution in [0.3, 0.4) is 0 Å². The van der Waals surface area contributed by atoms with E-state index < -0.39 is 16.2 Å². The number of carbonyl (C=O) groups excluding carboxylic acids is 2. The van der Waals surface area contributed by atoms with Gasteiger partial charge in [-0.05, 0) is 33.4 Å². The molecule has 3 rings (SSSR count). The highest BCUT2D eigenvalue weighted by Gasteiger charge is 2.35. The van der Waals surface area contributed by atoms with Crippen LogP contribution in [0.15, 0.2) is 0 Å². The molecule has 1 aromatic rings. The Bertz CT molecular complexity index is 897. The maximum atomic E-state index is 13.0. The van der Waals surface area contributed by atoms with Gasteiger partial charge in [-0.15, -0.1) is 0 Å². The van der Waals surface area contributed by atoms with Gasteiger partial charge in [-0.25, -0.2) is 4.79 Å². The number of aryl methyl sites for hydroxylation is 1. The summed E-state index contributed by atoms with van der Waals surface area (Å²) in [5.41, 5.74) is 1.89. The zero-order valence-corrected chi connectivity index (χ0v) is 18.9. The Balaban J connectivity index is 1.66. The second kappa shape index (κ2) is 9.04. The molecule has 1 N–H and O–H groups in total. The van der Waals surface area contributed by atoms with Crippen LogP contribution in [0.25, 0.3) is 0 Å². The van der Waals surface area contributed by atoms with Crippen LogP contribution in [0.5, 0.6) is 0 Å². The van der Waals surface area contributed by atoms with Crippen molar-refractivity contribution in [2.24, 2.45) is 0 Å². The third-order valence-electron chi connectivity index (χ3n) is 5.77.